The summed E-state index contributed by atoms with van der Waals surface area (Å²) >= 11 is 0. The van der Waals surface area contributed by atoms with E-state index in [2.05, 4.69) is 33.0 Å². The van der Waals surface area contributed by atoms with Crippen molar-refractivity contribution in [1.82, 2.24) is 19.9 Å². The fourth-order valence-electron chi connectivity index (χ4n) is 4.26. The van der Waals surface area contributed by atoms with Gasteiger partial charge in [0.1, 0.15) is 5.82 Å². The third-order valence-corrected chi connectivity index (χ3v) is 5.26. The molecule has 0 aromatic carbocycles. The van der Waals surface area contributed by atoms with Crippen LogP contribution in [0.5, 0.6) is 0 Å². The van der Waals surface area contributed by atoms with Gasteiger partial charge in [0.25, 0.3) is 0 Å². The lowest BCUT2D eigenvalue weighted by Gasteiger charge is -2.44. The van der Waals surface area contributed by atoms with Crippen LogP contribution in [0.1, 0.15) is 57.3 Å². The summed E-state index contributed by atoms with van der Waals surface area (Å²) in [6, 6.07) is 0.137. The molecule has 1 aliphatic carbocycles. The Kier molecular flexibility index (Phi) is 4.10. The molecule has 5 nitrogen and oxygen atoms in total. The molecular weight excluding hydrogens is 250 g/mol. The van der Waals surface area contributed by atoms with Crippen LogP contribution in [0.2, 0.25) is 0 Å². The van der Waals surface area contributed by atoms with Crippen molar-refractivity contribution in [1.29, 1.82) is 0 Å². The number of likely N-dealkylation sites (tertiary alicyclic amines) is 1. The minimum Gasteiger partial charge on any atom is -0.334 e. The number of nitrogens with zero attached hydrogens (tertiary/aromatic N) is 3. The number of hydrogen-bond acceptors (Lipinski definition) is 4. The number of aromatic nitrogens is 2. The number of imidazole rings is 1. The molecule has 5 heteroatoms. The zero-order valence-electron chi connectivity index (χ0n) is 12.5. The van der Waals surface area contributed by atoms with Crippen molar-refractivity contribution >= 4 is 0 Å². The van der Waals surface area contributed by atoms with Gasteiger partial charge in [-0.25, -0.2) is 10.4 Å². The highest BCUT2D eigenvalue weighted by Crippen LogP contribution is 2.45. The zero-order valence-corrected chi connectivity index (χ0v) is 12.5. The summed E-state index contributed by atoms with van der Waals surface area (Å²) in [6.07, 6.45) is 11.7. The minimum absolute atomic E-state index is 0.137. The van der Waals surface area contributed by atoms with Crippen molar-refractivity contribution in [3.05, 3.63) is 18.2 Å². The lowest BCUT2D eigenvalue weighted by molar-refractivity contribution is 0.0714. The quantitative estimate of drug-likeness (QED) is 0.636. The smallest absolute Gasteiger partial charge is 0.129 e. The van der Waals surface area contributed by atoms with Crippen LogP contribution in [-0.4, -0.2) is 33.1 Å². The van der Waals surface area contributed by atoms with Crippen LogP contribution in [-0.2, 0) is 6.54 Å². The predicted molar refractivity (Wildman–Crippen MR) is 80.0 cm³/mol. The van der Waals surface area contributed by atoms with Crippen LogP contribution in [0.15, 0.2) is 12.4 Å². The molecule has 1 aliphatic heterocycles. The van der Waals surface area contributed by atoms with Gasteiger partial charge in [-0.05, 0) is 45.7 Å². The Morgan fingerprint density at radius 1 is 1.30 bits per heavy atom. The van der Waals surface area contributed by atoms with Crippen LogP contribution in [0.4, 0.5) is 0 Å². The normalized spacial score (nSPS) is 24.3. The largest absolute Gasteiger partial charge is 0.334 e. The van der Waals surface area contributed by atoms with Gasteiger partial charge in [-0.1, -0.05) is 12.8 Å². The molecule has 1 aromatic heterocycles. The number of nitrogens with one attached hydrogen (secondary N) is 1. The van der Waals surface area contributed by atoms with Crippen LogP contribution < -0.4 is 11.3 Å². The second-order valence-corrected chi connectivity index (χ2v) is 6.18. The van der Waals surface area contributed by atoms with Gasteiger partial charge in [-0.2, -0.15) is 0 Å². The Morgan fingerprint density at radius 2 is 2.00 bits per heavy atom. The fraction of sp³-hybridized carbons (Fsp3) is 0.800. The summed E-state index contributed by atoms with van der Waals surface area (Å²) in [5.74, 6) is 7.09. The second kappa shape index (κ2) is 5.84. The first-order valence-electron chi connectivity index (χ1n) is 8.04. The summed E-state index contributed by atoms with van der Waals surface area (Å²) in [5.41, 5.74) is 3.28. The number of nitrogens with two attached hydrogens (primary N) is 1. The monoisotopic (exact) mass is 277 g/mol. The first-order valence-corrected chi connectivity index (χ1v) is 8.04. The highest BCUT2D eigenvalue weighted by atomic mass is 15.3. The maximum absolute atomic E-state index is 5.99. The number of rotatable bonds is 5. The molecule has 3 rings (SSSR count). The van der Waals surface area contributed by atoms with E-state index in [-0.39, 0.29) is 11.6 Å². The standard InChI is InChI=1S/C15H27N5/c1-2-19-12-9-17-14(19)13(18-16)15(7-3-4-8-15)20-10-5-6-11-20/h9,12-13,18H,2-8,10-11,16H2,1H3. The molecule has 1 unspecified atom stereocenters. The van der Waals surface area contributed by atoms with E-state index in [1.54, 1.807) is 0 Å². The number of hydrogen-bond donors (Lipinski definition) is 2. The zero-order chi connectivity index (χ0) is 14.0. The third-order valence-electron chi connectivity index (χ3n) is 5.26. The number of aryl methyl sites for hydroxylation is 1. The van der Waals surface area contributed by atoms with E-state index < -0.39 is 0 Å². The Hall–Kier alpha value is -0.910. The van der Waals surface area contributed by atoms with Gasteiger partial charge in [-0.3, -0.25) is 10.7 Å². The lowest BCUT2D eigenvalue weighted by Crippen LogP contribution is -2.56. The van der Waals surface area contributed by atoms with Crippen molar-refractivity contribution < 1.29 is 0 Å². The third kappa shape index (κ3) is 2.18. The average Bonchev–Trinajstić information content (AvgIpc) is 3.21. The van der Waals surface area contributed by atoms with E-state index >= 15 is 0 Å². The molecule has 1 atom stereocenters. The van der Waals surface area contributed by atoms with Crippen molar-refractivity contribution in [2.45, 2.75) is 63.6 Å². The van der Waals surface area contributed by atoms with Crippen LogP contribution >= 0.6 is 0 Å². The van der Waals surface area contributed by atoms with Crippen molar-refractivity contribution in [2.75, 3.05) is 13.1 Å². The van der Waals surface area contributed by atoms with Gasteiger partial charge in [0, 0.05) is 24.5 Å². The van der Waals surface area contributed by atoms with Crippen molar-refractivity contribution in [2.24, 2.45) is 5.84 Å². The fourth-order valence-corrected chi connectivity index (χ4v) is 4.26. The SMILES string of the molecule is CCn1ccnc1C(NN)C1(N2CCCC2)CCCC1. The van der Waals surface area contributed by atoms with E-state index in [0.29, 0.717) is 0 Å². The molecule has 2 heterocycles. The van der Waals surface area contributed by atoms with Gasteiger partial charge in [-0.15, -0.1) is 0 Å². The molecule has 3 N–H and O–H groups in total. The molecule has 20 heavy (non-hydrogen) atoms. The van der Waals surface area contributed by atoms with Crippen LogP contribution in [0.25, 0.3) is 0 Å². The molecule has 1 aromatic rings. The summed E-state index contributed by atoms with van der Waals surface area (Å²) in [5, 5.41) is 0. The molecule has 0 spiro atoms. The molecule has 0 radical (unpaired) electrons. The summed E-state index contributed by atoms with van der Waals surface area (Å²) in [7, 11) is 0. The highest BCUT2D eigenvalue weighted by molar-refractivity contribution is 5.13. The molecule has 2 aliphatic rings. The van der Waals surface area contributed by atoms with E-state index in [1.807, 2.05) is 6.20 Å². The van der Waals surface area contributed by atoms with Crippen LogP contribution in [0.3, 0.4) is 0 Å². The van der Waals surface area contributed by atoms with Crippen molar-refractivity contribution in [3.8, 4) is 0 Å². The topological polar surface area (TPSA) is 59.1 Å². The highest BCUT2D eigenvalue weighted by Gasteiger charge is 2.48. The van der Waals surface area contributed by atoms with Gasteiger partial charge < -0.3 is 4.57 Å². The molecule has 1 saturated heterocycles. The van der Waals surface area contributed by atoms with E-state index in [4.69, 9.17) is 5.84 Å². The van der Waals surface area contributed by atoms with Gasteiger partial charge >= 0.3 is 0 Å². The molecule has 112 valence electrons. The Bertz CT molecular complexity index is 429. The van der Waals surface area contributed by atoms with E-state index in [0.717, 1.165) is 12.4 Å². The average molecular weight is 277 g/mol. The molecule has 0 amide bonds. The Morgan fingerprint density at radius 3 is 2.60 bits per heavy atom. The number of hydrazine groups is 1. The summed E-state index contributed by atoms with van der Waals surface area (Å²) < 4.78 is 2.22. The Labute approximate surface area is 121 Å². The van der Waals surface area contributed by atoms with Gasteiger partial charge in [0.2, 0.25) is 0 Å². The van der Waals surface area contributed by atoms with E-state index in [9.17, 15) is 0 Å². The molecule has 0 bridgehead atoms. The minimum atomic E-state index is 0.137. The molecular formula is C15H27N5. The molecule has 2 fully saturated rings. The second-order valence-electron chi connectivity index (χ2n) is 6.18. The predicted octanol–water partition coefficient (Wildman–Crippen LogP) is 1.82. The maximum atomic E-state index is 5.99. The summed E-state index contributed by atoms with van der Waals surface area (Å²) in [4.78, 5) is 7.29. The van der Waals surface area contributed by atoms with Gasteiger partial charge in [0.15, 0.2) is 0 Å². The lowest BCUT2D eigenvalue weighted by atomic mass is 9.85. The van der Waals surface area contributed by atoms with Crippen LogP contribution in [0, 0.1) is 0 Å². The summed E-state index contributed by atoms with van der Waals surface area (Å²) in [6.45, 7) is 5.54. The first-order chi connectivity index (χ1) is 9.81. The van der Waals surface area contributed by atoms with Crippen molar-refractivity contribution in [3.63, 3.8) is 0 Å². The van der Waals surface area contributed by atoms with E-state index in [1.165, 1.54) is 51.6 Å². The molecule has 1 saturated carbocycles. The first kappa shape index (κ1) is 14.0. The Balaban J connectivity index is 1.95. The van der Waals surface area contributed by atoms with Gasteiger partial charge in [0.05, 0.1) is 6.04 Å². The maximum Gasteiger partial charge on any atom is 0.129 e.